The molecule has 94 valence electrons. The van der Waals surface area contributed by atoms with Gasteiger partial charge in [0.2, 0.25) is 0 Å². The van der Waals surface area contributed by atoms with E-state index < -0.39 is 0 Å². The third-order valence-electron chi connectivity index (χ3n) is 2.46. The lowest BCUT2D eigenvalue weighted by molar-refractivity contribution is 0.0605. The molecule has 1 heterocycles. The molecular weight excluding hydrogens is 270 g/mol. The Morgan fingerprint density at radius 1 is 1.50 bits per heavy atom. The zero-order valence-corrected chi connectivity index (χ0v) is 11.6. The predicted octanol–water partition coefficient (Wildman–Crippen LogP) is 3.48. The van der Waals surface area contributed by atoms with E-state index in [4.69, 9.17) is 16.3 Å². The van der Waals surface area contributed by atoms with E-state index >= 15 is 0 Å². The van der Waals surface area contributed by atoms with Gasteiger partial charge in [-0.1, -0.05) is 23.7 Å². The molecule has 2 rings (SSSR count). The Kier molecular flexibility index (Phi) is 3.99. The Hall–Kier alpha value is -1.39. The Balaban J connectivity index is 2.23. The van der Waals surface area contributed by atoms with E-state index in [-0.39, 0.29) is 5.97 Å². The molecule has 0 saturated carbocycles. The number of rotatable bonds is 3. The summed E-state index contributed by atoms with van der Waals surface area (Å²) >= 11 is 7.29. The normalized spacial score (nSPS) is 10.4. The molecule has 2 aromatic rings. The van der Waals surface area contributed by atoms with Crippen molar-refractivity contribution in [3.05, 3.63) is 50.4 Å². The van der Waals surface area contributed by atoms with Crippen LogP contribution < -0.4 is 0 Å². The number of ether oxygens (including phenoxy) is 1. The van der Waals surface area contributed by atoms with Crippen LogP contribution >= 0.6 is 22.9 Å². The van der Waals surface area contributed by atoms with Crippen LogP contribution in [0.3, 0.4) is 0 Å². The molecule has 18 heavy (non-hydrogen) atoms. The average molecular weight is 282 g/mol. The van der Waals surface area contributed by atoms with E-state index in [1.165, 1.54) is 18.4 Å². The summed E-state index contributed by atoms with van der Waals surface area (Å²) in [5, 5.41) is 1.59. The standard InChI is InChI=1S/C13H12ClNO2S/c1-8-12(13(16)17-2)18-11(15-8)7-9-4-3-5-10(14)6-9/h3-6H,7H2,1-2H3. The maximum Gasteiger partial charge on any atom is 0.349 e. The molecular formula is C13H12ClNO2S. The van der Waals surface area contributed by atoms with E-state index in [0.29, 0.717) is 22.0 Å². The molecule has 1 aromatic heterocycles. The van der Waals surface area contributed by atoms with E-state index in [1.54, 1.807) is 0 Å². The SMILES string of the molecule is COC(=O)c1sc(Cc2cccc(Cl)c2)nc1C. The van der Waals surface area contributed by atoms with Crippen molar-refractivity contribution in [2.75, 3.05) is 7.11 Å². The minimum absolute atomic E-state index is 0.331. The van der Waals surface area contributed by atoms with Crippen LogP contribution in [0.15, 0.2) is 24.3 Å². The molecule has 0 aliphatic heterocycles. The number of hydrogen-bond acceptors (Lipinski definition) is 4. The van der Waals surface area contributed by atoms with Crippen LogP contribution in [0, 0.1) is 6.92 Å². The molecule has 1 aromatic carbocycles. The third-order valence-corrected chi connectivity index (χ3v) is 3.83. The second kappa shape index (κ2) is 5.50. The molecule has 0 atom stereocenters. The zero-order valence-electron chi connectivity index (χ0n) is 10.1. The third kappa shape index (κ3) is 2.89. The summed E-state index contributed by atoms with van der Waals surface area (Å²) in [5.74, 6) is -0.331. The van der Waals surface area contributed by atoms with E-state index in [9.17, 15) is 4.79 Å². The lowest BCUT2D eigenvalue weighted by Crippen LogP contribution is -1.99. The molecule has 0 radical (unpaired) electrons. The topological polar surface area (TPSA) is 39.2 Å². The van der Waals surface area contributed by atoms with Crippen molar-refractivity contribution >= 4 is 28.9 Å². The number of halogens is 1. The van der Waals surface area contributed by atoms with E-state index in [2.05, 4.69) is 4.98 Å². The van der Waals surface area contributed by atoms with Gasteiger partial charge in [0.25, 0.3) is 0 Å². The van der Waals surface area contributed by atoms with Gasteiger partial charge in [0.05, 0.1) is 17.8 Å². The summed E-state index contributed by atoms with van der Waals surface area (Å²) in [6.07, 6.45) is 0.670. The smallest absolute Gasteiger partial charge is 0.349 e. The van der Waals surface area contributed by atoms with E-state index in [0.717, 1.165) is 10.6 Å². The maximum absolute atomic E-state index is 11.5. The summed E-state index contributed by atoms with van der Waals surface area (Å²) in [6.45, 7) is 1.81. The Morgan fingerprint density at radius 3 is 2.94 bits per heavy atom. The Labute approximate surface area is 114 Å². The summed E-state index contributed by atoms with van der Waals surface area (Å²) < 4.78 is 4.71. The summed E-state index contributed by atoms with van der Waals surface area (Å²) in [4.78, 5) is 16.4. The maximum atomic E-state index is 11.5. The van der Waals surface area contributed by atoms with Crippen LogP contribution in [-0.4, -0.2) is 18.1 Å². The highest BCUT2D eigenvalue weighted by molar-refractivity contribution is 7.13. The lowest BCUT2D eigenvalue weighted by Gasteiger charge is -1.98. The molecule has 0 amide bonds. The van der Waals surface area contributed by atoms with Crippen molar-refractivity contribution in [3.8, 4) is 0 Å². The van der Waals surface area contributed by atoms with Crippen LogP contribution in [-0.2, 0) is 11.2 Å². The van der Waals surface area contributed by atoms with Crippen molar-refractivity contribution in [2.45, 2.75) is 13.3 Å². The van der Waals surface area contributed by atoms with Crippen LogP contribution in [0.1, 0.15) is 25.9 Å². The van der Waals surface area contributed by atoms with Crippen LogP contribution in [0.5, 0.6) is 0 Å². The Morgan fingerprint density at radius 2 is 2.28 bits per heavy atom. The van der Waals surface area contributed by atoms with Crippen LogP contribution in [0.4, 0.5) is 0 Å². The quantitative estimate of drug-likeness (QED) is 0.809. The van der Waals surface area contributed by atoms with Crippen LogP contribution in [0.2, 0.25) is 5.02 Å². The molecule has 0 saturated heterocycles. The van der Waals surface area contributed by atoms with Crippen molar-refractivity contribution in [1.29, 1.82) is 0 Å². The summed E-state index contributed by atoms with van der Waals surface area (Å²) in [7, 11) is 1.37. The highest BCUT2D eigenvalue weighted by Gasteiger charge is 2.15. The minimum atomic E-state index is -0.331. The number of nitrogens with zero attached hydrogens (tertiary/aromatic N) is 1. The fourth-order valence-corrected chi connectivity index (χ4v) is 2.86. The highest BCUT2D eigenvalue weighted by atomic mass is 35.5. The number of hydrogen-bond donors (Lipinski definition) is 0. The number of thiazole rings is 1. The van der Waals surface area contributed by atoms with Gasteiger partial charge in [0.15, 0.2) is 0 Å². The van der Waals surface area contributed by atoms with E-state index in [1.807, 2.05) is 31.2 Å². The fourth-order valence-electron chi connectivity index (χ4n) is 1.63. The number of carbonyl (C=O) groups is 1. The summed E-state index contributed by atoms with van der Waals surface area (Å²) in [6, 6.07) is 7.62. The van der Waals surface area contributed by atoms with Gasteiger partial charge >= 0.3 is 5.97 Å². The number of esters is 1. The van der Waals surface area contributed by atoms with Gasteiger partial charge in [0, 0.05) is 11.4 Å². The van der Waals surface area contributed by atoms with Crippen molar-refractivity contribution < 1.29 is 9.53 Å². The fraction of sp³-hybridized carbons (Fsp3) is 0.231. The molecule has 5 heteroatoms. The van der Waals surface area contributed by atoms with Gasteiger partial charge in [-0.05, 0) is 24.6 Å². The zero-order chi connectivity index (χ0) is 13.1. The van der Waals surface area contributed by atoms with Gasteiger partial charge < -0.3 is 4.74 Å². The molecule has 0 fully saturated rings. The van der Waals surface area contributed by atoms with Gasteiger partial charge in [-0.15, -0.1) is 11.3 Å². The second-order valence-electron chi connectivity index (χ2n) is 3.82. The summed E-state index contributed by atoms with van der Waals surface area (Å²) in [5.41, 5.74) is 1.79. The largest absolute Gasteiger partial charge is 0.465 e. The average Bonchev–Trinajstić information content (AvgIpc) is 2.69. The van der Waals surface area contributed by atoms with Crippen molar-refractivity contribution in [3.63, 3.8) is 0 Å². The van der Waals surface area contributed by atoms with Gasteiger partial charge in [0.1, 0.15) is 4.88 Å². The van der Waals surface area contributed by atoms with Crippen molar-refractivity contribution in [1.82, 2.24) is 4.98 Å². The van der Waals surface area contributed by atoms with Gasteiger partial charge in [-0.25, -0.2) is 9.78 Å². The second-order valence-corrected chi connectivity index (χ2v) is 5.34. The van der Waals surface area contributed by atoms with Gasteiger partial charge in [-0.2, -0.15) is 0 Å². The first-order valence-corrected chi connectivity index (χ1v) is 6.58. The first-order chi connectivity index (χ1) is 8.60. The first-order valence-electron chi connectivity index (χ1n) is 5.39. The Bertz CT molecular complexity index is 580. The number of carbonyl (C=O) groups excluding carboxylic acids is 1. The number of benzene rings is 1. The number of aryl methyl sites for hydroxylation is 1. The predicted molar refractivity (Wildman–Crippen MR) is 72.4 cm³/mol. The van der Waals surface area contributed by atoms with Crippen molar-refractivity contribution in [2.24, 2.45) is 0 Å². The lowest BCUT2D eigenvalue weighted by atomic mass is 10.2. The first kappa shape index (κ1) is 13.1. The minimum Gasteiger partial charge on any atom is -0.465 e. The molecule has 0 spiro atoms. The molecule has 0 aliphatic rings. The monoisotopic (exact) mass is 281 g/mol. The molecule has 0 N–H and O–H groups in total. The van der Waals surface area contributed by atoms with Gasteiger partial charge in [-0.3, -0.25) is 0 Å². The highest BCUT2D eigenvalue weighted by Crippen LogP contribution is 2.22. The molecule has 0 unspecified atom stereocenters. The molecule has 0 bridgehead atoms. The van der Waals surface area contributed by atoms with Crippen LogP contribution in [0.25, 0.3) is 0 Å². The molecule has 0 aliphatic carbocycles. The molecule has 3 nitrogen and oxygen atoms in total. The number of methoxy groups -OCH3 is 1. The number of aromatic nitrogens is 1.